The predicted molar refractivity (Wildman–Crippen MR) is 103 cm³/mol. The van der Waals surface area contributed by atoms with Crippen LogP contribution in [0.4, 0.5) is 4.39 Å². The molecule has 0 spiro atoms. The molecule has 1 unspecified atom stereocenters. The average molecular weight is 373 g/mol. The minimum absolute atomic E-state index is 0.0665. The zero-order valence-electron chi connectivity index (χ0n) is 15.4. The summed E-state index contributed by atoms with van der Waals surface area (Å²) in [5.41, 5.74) is 0. The highest BCUT2D eigenvalue weighted by atomic mass is 28.4. The summed E-state index contributed by atoms with van der Waals surface area (Å²) in [4.78, 5) is 11.4. The first kappa shape index (κ1) is 18.8. The molecule has 26 heavy (non-hydrogen) atoms. The van der Waals surface area contributed by atoms with Crippen molar-refractivity contribution in [1.29, 1.82) is 0 Å². The van der Waals surface area contributed by atoms with Gasteiger partial charge in [0.2, 0.25) is 6.17 Å². The highest BCUT2D eigenvalue weighted by Gasteiger charge is 2.51. The molecule has 1 heterocycles. The SMILES string of the molecule is CC(C)(C)[Si](OC[C@@H]1CC(F)C(=O)O1)(c1ccccc1)c1ccccc1. The van der Waals surface area contributed by atoms with Crippen LogP contribution in [0, 0.1) is 0 Å². The van der Waals surface area contributed by atoms with Crippen LogP contribution in [0.1, 0.15) is 27.2 Å². The highest BCUT2D eigenvalue weighted by molar-refractivity contribution is 6.99. The van der Waals surface area contributed by atoms with E-state index in [1.165, 1.54) is 0 Å². The molecule has 0 bridgehead atoms. The van der Waals surface area contributed by atoms with Crippen LogP contribution in [0.3, 0.4) is 0 Å². The number of alkyl halides is 1. The van der Waals surface area contributed by atoms with Crippen LogP contribution in [0.5, 0.6) is 0 Å². The summed E-state index contributed by atoms with van der Waals surface area (Å²) in [5, 5.41) is 2.15. The molecular weight excluding hydrogens is 347 g/mol. The summed E-state index contributed by atoms with van der Waals surface area (Å²) in [6, 6.07) is 20.4. The van der Waals surface area contributed by atoms with Gasteiger partial charge in [0.1, 0.15) is 6.10 Å². The quantitative estimate of drug-likeness (QED) is 0.597. The van der Waals surface area contributed by atoms with E-state index in [0.29, 0.717) is 0 Å². The zero-order valence-corrected chi connectivity index (χ0v) is 16.4. The number of cyclic esters (lactones) is 1. The Morgan fingerprint density at radius 1 is 1.04 bits per heavy atom. The van der Waals surface area contributed by atoms with Crippen molar-refractivity contribution in [3.05, 3.63) is 60.7 Å². The number of halogens is 1. The van der Waals surface area contributed by atoms with Crippen molar-refractivity contribution >= 4 is 24.7 Å². The van der Waals surface area contributed by atoms with E-state index in [1.807, 2.05) is 36.4 Å². The second kappa shape index (κ2) is 7.33. The van der Waals surface area contributed by atoms with Gasteiger partial charge in [-0.05, 0) is 15.4 Å². The van der Waals surface area contributed by atoms with Gasteiger partial charge in [0.05, 0.1) is 6.61 Å². The first-order valence-corrected chi connectivity index (χ1v) is 10.8. The Labute approximate surface area is 155 Å². The van der Waals surface area contributed by atoms with Crippen molar-refractivity contribution in [2.24, 2.45) is 0 Å². The van der Waals surface area contributed by atoms with Gasteiger partial charge < -0.3 is 9.16 Å². The molecule has 2 atom stereocenters. The molecule has 5 heteroatoms. The van der Waals surface area contributed by atoms with E-state index in [0.717, 1.165) is 10.4 Å². The van der Waals surface area contributed by atoms with E-state index in [1.54, 1.807) is 0 Å². The molecular formula is C21H25FO3Si. The number of benzene rings is 2. The van der Waals surface area contributed by atoms with Crippen molar-refractivity contribution in [2.75, 3.05) is 6.61 Å². The molecule has 2 aromatic rings. The van der Waals surface area contributed by atoms with Crippen LogP contribution in [-0.4, -0.2) is 33.2 Å². The van der Waals surface area contributed by atoms with Crippen molar-refractivity contribution in [2.45, 2.75) is 44.5 Å². The third kappa shape index (κ3) is 3.46. The lowest BCUT2D eigenvalue weighted by molar-refractivity contribution is -0.145. The molecule has 3 rings (SSSR count). The van der Waals surface area contributed by atoms with E-state index in [2.05, 4.69) is 45.0 Å². The number of carbonyl (C=O) groups is 1. The number of hydrogen-bond acceptors (Lipinski definition) is 3. The number of esters is 1. The molecule has 0 N–H and O–H groups in total. The van der Waals surface area contributed by atoms with Gasteiger partial charge in [-0.25, -0.2) is 9.18 Å². The van der Waals surface area contributed by atoms with Gasteiger partial charge in [-0.3, -0.25) is 0 Å². The Kier molecular flexibility index (Phi) is 5.30. The fourth-order valence-electron chi connectivity index (χ4n) is 3.69. The van der Waals surface area contributed by atoms with Gasteiger partial charge in [-0.15, -0.1) is 0 Å². The molecule has 1 fully saturated rings. The number of ether oxygens (including phenoxy) is 1. The summed E-state index contributed by atoms with van der Waals surface area (Å²) in [6.07, 6.45) is -2.00. The second-order valence-electron chi connectivity index (χ2n) is 7.74. The third-order valence-corrected chi connectivity index (χ3v) is 9.92. The maximum absolute atomic E-state index is 13.5. The molecule has 0 aliphatic carbocycles. The molecule has 0 radical (unpaired) electrons. The van der Waals surface area contributed by atoms with Gasteiger partial charge in [-0.1, -0.05) is 81.4 Å². The van der Waals surface area contributed by atoms with E-state index in [-0.39, 0.29) is 18.1 Å². The van der Waals surface area contributed by atoms with Crippen LogP contribution in [0.2, 0.25) is 5.04 Å². The Morgan fingerprint density at radius 3 is 1.92 bits per heavy atom. The third-order valence-electron chi connectivity index (χ3n) is 4.91. The largest absolute Gasteiger partial charge is 0.458 e. The minimum atomic E-state index is -2.67. The summed E-state index contributed by atoms with van der Waals surface area (Å²) in [5.74, 6) is -0.777. The first-order chi connectivity index (χ1) is 12.3. The van der Waals surface area contributed by atoms with Gasteiger partial charge in [0.15, 0.2) is 0 Å². The lowest BCUT2D eigenvalue weighted by Crippen LogP contribution is -2.67. The Balaban J connectivity index is 2.02. The normalized spacial score (nSPS) is 20.8. The fourth-order valence-corrected chi connectivity index (χ4v) is 8.29. The van der Waals surface area contributed by atoms with Crippen LogP contribution in [0.15, 0.2) is 60.7 Å². The molecule has 138 valence electrons. The monoisotopic (exact) mass is 372 g/mol. The fraction of sp³-hybridized carbons (Fsp3) is 0.381. The highest BCUT2D eigenvalue weighted by Crippen LogP contribution is 2.37. The van der Waals surface area contributed by atoms with Crippen molar-refractivity contribution in [3.63, 3.8) is 0 Å². The minimum Gasteiger partial charge on any atom is -0.458 e. The van der Waals surface area contributed by atoms with E-state index in [9.17, 15) is 9.18 Å². The molecule has 1 aliphatic rings. The molecule has 3 nitrogen and oxygen atoms in total. The van der Waals surface area contributed by atoms with E-state index >= 15 is 0 Å². The number of rotatable bonds is 5. The zero-order chi connectivity index (χ0) is 18.8. The van der Waals surface area contributed by atoms with Crippen LogP contribution in [0.25, 0.3) is 0 Å². The summed E-state index contributed by atoms with van der Waals surface area (Å²) < 4.78 is 25.3. The molecule has 0 saturated carbocycles. The molecule has 1 aliphatic heterocycles. The summed E-state index contributed by atoms with van der Waals surface area (Å²) in [6.45, 7) is 6.74. The molecule has 0 amide bonds. The maximum atomic E-state index is 13.5. The van der Waals surface area contributed by atoms with Gasteiger partial charge in [-0.2, -0.15) is 0 Å². The Bertz CT molecular complexity index is 703. The van der Waals surface area contributed by atoms with Crippen LogP contribution < -0.4 is 10.4 Å². The summed E-state index contributed by atoms with van der Waals surface area (Å²) >= 11 is 0. The van der Waals surface area contributed by atoms with Crippen molar-refractivity contribution in [3.8, 4) is 0 Å². The Hall–Kier alpha value is -1.98. The summed E-state index contributed by atoms with van der Waals surface area (Å²) in [7, 11) is -2.67. The van der Waals surface area contributed by atoms with Gasteiger partial charge in [0, 0.05) is 6.42 Å². The number of hydrogen-bond donors (Lipinski definition) is 0. The van der Waals surface area contributed by atoms with Crippen LogP contribution >= 0.6 is 0 Å². The molecule has 1 saturated heterocycles. The molecule has 0 aromatic heterocycles. The smallest absolute Gasteiger partial charge is 0.341 e. The molecule has 2 aromatic carbocycles. The predicted octanol–water partition coefficient (Wildman–Crippen LogP) is 3.22. The maximum Gasteiger partial charge on any atom is 0.341 e. The van der Waals surface area contributed by atoms with Crippen molar-refractivity contribution in [1.82, 2.24) is 0 Å². The first-order valence-electron chi connectivity index (χ1n) is 8.94. The standard InChI is InChI=1S/C21H25FO3Si/c1-21(2,3)26(17-10-6-4-7-11-17,18-12-8-5-9-13-18)24-15-16-14-19(22)20(23)25-16/h4-13,16,19H,14-15H2,1-3H3/t16-,19?/m0/s1. The van der Waals surface area contributed by atoms with Crippen LogP contribution in [-0.2, 0) is 14.0 Å². The Morgan fingerprint density at radius 2 is 1.54 bits per heavy atom. The lowest BCUT2D eigenvalue weighted by atomic mass is 10.2. The topological polar surface area (TPSA) is 35.5 Å². The van der Waals surface area contributed by atoms with Crippen molar-refractivity contribution < 1.29 is 18.3 Å². The number of carbonyl (C=O) groups excluding carboxylic acids is 1. The van der Waals surface area contributed by atoms with E-state index in [4.69, 9.17) is 9.16 Å². The average Bonchev–Trinajstić information content (AvgIpc) is 2.94. The lowest BCUT2D eigenvalue weighted by Gasteiger charge is -2.43. The second-order valence-corrected chi connectivity index (χ2v) is 12.0. The van der Waals surface area contributed by atoms with Gasteiger partial charge >= 0.3 is 5.97 Å². The van der Waals surface area contributed by atoms with Gasteiger partial charge in [0.25, 0.3) is 8.32 Å². The van der Waals surface area contributed by atoms with E-state index < -0.39 is 26.6 Å².